The first-order valence-electron chi connectivity index (χ1n) is 7.85. The number of fused-ring (bicyclic) bond motifs is 1. The molecule has 140 valence electrons. The molecule has 0 radical (unpaired) electrons. The van der Waals surface area contributed by atoms with Gasteiger partial charge < -0.3 is 4.74 Å². The van der Waals surface area contributed by atoms with Crippen molar-refractivity contribution in [2.45, 2.75) is 10.2 Å². The Hall–Kier alpha value is -2.74. The summed E-state index contributed by atoms with van der Waals surface area (Å²) in [5.41, 5.74) is 0.350. The van der Waals surface area contributed by atoms with Gasteiger partial charge in [0, 0.05) is 4.90 Å². The lowest BCUT2D eigenvalue weighted by Crippen LogP contribution is -2.30. The summed E-state index contributed by atoms with van der Waals surface area (Å²) in [7, 11) is 1.39. The van der Waals surface area contributed by atoms with E-state index < -0.39 is 29.4 Å². The van der Waals surface area contributed by atoms with Crippen LogP contribution in [0.5, 0.6) is 5.75 Å². The number of imide groups is 1. The van der Waals surface area contributed by atoms with Gasteiger partial charge in [-0.1, -0.05) is 18.2 Å². The SMILES string of the molecule is COc1cccc(SC(F)(F)/C(F)=C/CN2C(=O)c3ccccc3C2=O)c1. The van der Waals surface area contributed by atoms with Crippen LogP contribution in [0.4, 0.5) is 13.2 Å². The summed E-state index contributed by atoms with van der Waals surface area (Å²) in [5.74, 6) is -2.63. The molecule has 1 aliphatic rings. The van der Waals surface area contributed by atoms with Crippen LogP contribution in [-0.2, 0) is 0 Å². The lowest BCUT2D eigenvalue weighted by atomic mass is 10.1. The van der Waals surface area contributed by atoms with Gasteiger partial charge in [0.1, 0.15) is 5.75 Å². The second-order valence-electron chi connectivity index (χ2n) is 5.62. The van der Waals surface area contributed by atoms with Crippen LogP contribution in [0.3, 0.4) is 0 Å². The molecule has 0 saturated carbocycles. The molecule has 1 aliphatic heterocycles. The van der Waals surface area contributed by atoms with Crippen LogP contribution in [-0.4, -0.2) is 35.6 Å². The Bertz CT molecular complexity index is 895. The molecule has 8 heteroatoms. The number of amides is 2. The fraction of sp³-hybridized carbons (Fsp3) is 0.158. The molecule has 1 heterocycles. The number of nitrogens with zero attached hydrogens (tertiary/aromatic N) is 1. The molecule has 0 aromatic heterocycles. The Balaban J connectivity index is 1.73. The Morgan fingerprint density at radius 1 is 1.11 bits per heavy atom. The summed E-state index contributed by atoms with van der Waals surface area (Å²) in [5, 5.41) is -3.86. The van der Waals surface area contributed by atoms with E-state index in [9.17, 15) is 22.8 Å². The van der Waals surface area contributed by atoms with Crippen LogP contribution >= 0.6 is 11.8 Å². The molecule has 4 nitrogen and oxygen atoms in total. The molecule has 0 unspecified atom stereocenters. The predicted octanol–water partition coefficient (Wildman–Crippen LogP) is 4.53. The summed E-state index contributed by atoms with van der Waals surface area (Å²) >= 11 is 0.00996. The van der Waals surface area contributed by atoms with Crippen LogP contribution in [0, 0.1) is 0 Å². The number of halogens is 3. The number of benzene rings is 2. The quantitative estimate of drug-likeness (QED) is 0.534. The lowest BCUT2D eigenvalue weighted by Gasteiger charge is -2.16. The fourth-order valence-electron chi connectivity index (χ4n) is 2.56. The van der Waals surface area contributed by atoms with Gasteiger partial charge in [-0.2, -0.15) is 8.78 Å². The number of alkyl halides is 2. The molecule has 2 aromatic rings. The summed E-state index contributed by atoms with van der Waals surface area (Å²) in [6.07, 6.45) is 0.550. The van der Waals surface area contributed by atoms with Crippen molar-refractivity contribution in [3.05, 3.63) is 71.6 Å². The summed E-state index contributed by atoms with van der Waals surface area (Å²) in [6, 6.07) is 11.9. The van der Waals surface area contributed by atoms with Crippen LogP contribution in [0.1, 0.15) is 20.7 Å². The summed E-state index contributed by atoms with van der Waals surface area (Å²) in [6.45, 7) is -0.577. The zero-order valence-electron chi connectivity index (χ0n) is 14.1. The van der Waals surface area contributed by atoms with Crippen molar-refractivity contribution in [1.82, 2.24) is 4.90 Å². The third kappa shape index (κ3) is 3.85. The van der Waals surface area contributed by atoms with E-state index in [1.54, 1.807) is 18.2 Å². The van der Waals surface area contributed by atoms with Crippen molar-refractivity contribution in [3.8, 4) is 5.75 Å². The van der Waals surface area contributed by atoms with Gasteiger partial charge in [0.15, 0.2) is 5.83 Å². The molecular weight excluding hydrogens is 379 g/mol. The minimum atomic E-state index is -3.86. The van der Waals surface area contributed by atoms with E-state index in [1.165, 1.54) is 37.4 Å². The zero-order chi connectivity index (χ0) is 19.6. The third-order valence-corrected chi connectivity index (χ3v) is 4.84. The number of methoxy groups -OCH3 is 1. The standard InChI is InChI=1S/C19H14F3NO3S/c1-26-12-5-4-6-13(11-12)27-19(21,22)16(20)9-10-23-17(24)14-7-2-3-8-15(14)18(23)25/h2-9,11H,10H2,1H3/b16-9-. The molecule has 0 bridgehead atoms. The Kier molecular flexibility index (Phi) is 5.27. The Morgan fingerprint density at radius 3 is 2.33 bits per heavy atom. The predicted molar refractivity (Wildman–Crippen MR) is 94.8 cm³/mol. The second-order valence-corrected chi connectivity index (χ2v) is 6.80. The zero-order valence-corrected chi connectivity index (χ0v) is 14.9. The Labute approximate surface area is 157 Å². The first-order chi connectivity index (χ1) is 12.8. The van der Waals surface area contributed by atoms with Crippen molar-refractivity contribution >= 4 is 23.6 Å². The molecule has 0 atom stereocenters. The van der Waals surface area contributed by atoms with E-state index in [0.29, 0.717) is 11.8 Å². The van der Waals surface area contributed by atoms with Gasteiger partial charge in [0.25, 0.3) is 11.8 Å². The molecule has 0 fully saturated rings. The number of hydrogen-bond donors (Lipinski definition) is 0. The van der Waals surface area contributed by atoms with E-state index in [4.69, 9.17) is 4.74 Å². The van der Waals surface area contributed by atoms with E-state index in [-0.39, 0.29) is 27.8 Å². The van der Waals surface area contributed by atoms with Gasteiger partial charge in [-0.25, -0.2) is 4.39 Å². The van der Waals surface area contributed by atoms with Crippen molar-refractivity contribution in [3.63, 3.8) is 0 Å². The summed E-state index contributed by atoms with van der Waals surface area (Å²) < 4.78 is 47.4. The van der Waals surface area contributed by atoms with Crippen LogP contribution < -0.4 is 4.74 Å². The Morgan fingerprint density at radius 2 is 1.74 bits per heavy atom. The molecule has 2 amide bonds. The molecule has 0 aliphatic carbocycles. The van der Waals surface area contributed by atoms with Gasteiger partial charge in [-0.3, -0.25) is 14.5 Å². The maximum atomic E-state index is 14.2. The molecule has 27 heavy (non-hydrogen) atoms. The highest BCUT2D eigenvalue weighted by molar-refractivity contribution is 8.00. The first kappa shape index (κ1) is 19.0. The van der Waals surface area contributed by atoms with Gasteiger partial charge in [-0.15, -0.1) is 0 Å². The third-order valence-electron chi connectivity index (χ3n) is 3.90. The normalized spacial score (nSPS) is 14.5. The van der Waals surface area contributed by atoms with E-state index >= 15 is 0 Å². The smallest absolute Gasteiger partial charge is 0.348 e. The minimum Gasteiger partial charge on any atom is -0.497 e. The molecule has 0 N–H and O–H groups in total. The number of hydrogen-bond acceptors (Lipinski definition) is 4. The van der Waals surface area contributed by atoms with Crippen molar-refractivity contribution in [1.29, 1.82) is 0 Å². The molecule has 0 spiro atoms. The average molecular weight is 393 g/mol. The molecule has 0 saturated heterocycles. The largest absolute Gasteiger partial charge is 0.497 e. The van der Waals surface area contributed by atoms with Gasteiger partial charge in [0.05, 0.1) is 24.8 Å². The van der Waals surface area contributed by atoms with Crippen molar-refractivity contribution in [2.24, 2.45) is 0 Å². The number of carbonyl (C=O) groups excluding carboxylic acids is 2. The van der Waals surface area contributed by atoms with Gasteiger partial charge in [-0.05, 0) is 48.2 Å². The molecule has 2 aromatic carbocycles. The minimum absolute atomic E-state index is 0.00996. The summed E-state index contributed by atoms with van der Waals surface area (Å²) in [4.78, 5) is 25.2. The highest BCUT2D eigenvalue weighted by atomic mass is 32.2. The monoisotopic (exact) mass is 393 g/mol. The van der Waals surface area contributed by atoms with Gasteiger partial charge in [0.2, 0.25) is 0 Å². The second kappa shape index (κ2) is 7.48. The number of carbonyl (C=O) groups is 2. The van der Waals surface area contributed by atoms with Crippen LogP contribution in [0.15, 0.2) is 65.3 Å². The fourth-order valence-corrected chi connectivity index (χ4v) is 3.36. The van der Waals surface area contributed by atoms with Crippen LogP contribution in [0.25, 0.3) is 0 Å². The maximum Gasteiger partial charge on any atom is 0.348 e. The lowest BCUT2D eigenvalue weighted by molar-refractivity contribution is 0.0667. The van der Waals surface area contributed by atoms with E-state index in [2.05, 4.69) is 0 Å². The van der Waals surface area contributed by atoms with Crippen LogP contribution in [0.2, 0.25) is 0 Å². The average Bonchev–Trinajstić information content (AvgIpc) is 2.90. The van der Waals surface area contributed by atoms with E-state index in [0.717, 1.165) is 4.90 Å². The number of thioether (sulfide) groups is 1. The highest BCUT2D eigenvalue weighted by Gasteiger charge is 2.38. The molecular formula is C19H14F3NO3S. The van der Waals surface area contributed by atoms with Crippen molar-refractivity contribution in [2.75, 3.05) is 13.7 Å². The number of rotatable bonds is 6. The molecule has 3 rings (SSSR count). The maximum absolute atomic E-state index is 14.2. The van der Waals surface area contributed by atoms with Crippen molar-refractivity contribution < 1.29 is 27.5 Å². The number of ether oxygens (including phenoxy) is 1. The topological polar surface area (TPSA) is 46.6 Å². The van der Waals surface area contributed by atoms with E-state index in [1.807, 2.05) is 0 Å². The highest BCUT2D eigenvalue weighted by Crippen LogP contribution is 2.42. The van der Waals surface area contributed by atoms with Gasteiger partial charge >= 0.3 is 5.25 Å². The first-order valence-corrected chi connectivity index (χ1v) is 8.67.